The fourth-order valence-electron chi connectivity index (χ4n) is 5.14. The third kappa shape index (κ3) is 5.35. The molecule has 1 aromatic rings. The van der Waals surface area contributed by atoms with Crippen LogP contribution >= 0.6 is 9.39 Å². The zero-order valence-corrected chi connectivity index (χ0v) is 21.0. The summed E-state index contributed by atoms with van der Waals surface area (Å²) in [6.45, 7) is 10.5. The maximum atomic E-state index is 13.0. The molecule has 0 aliphatic carbocycles. The number of hydrogen-bond acceptors (Lipinski definition) is 6. The Morgan fingerprint density at radius 1 is 1.19 bits per heavy atom. The van der Waals surface area contributed by atoms with Crippen LogP contribution in [-0.4, -0.2) is 50.3 Å². The monoisotopic (exact) mass is 450 g/mol. The second kappa shape index (κ2) is 10.5. The maximum Gasteiger partial charge on any atom is 0.323 e. The Morgan fingerprint density at radius 2 is 1.87 bits per heavy atom. The average molecular weight is 451 g/mol. The van der Waals surface area contributed by atoms with Gasteiger partial charge in [-0.25, -0.2) is 0 Å². The molecule has 31 heavy (non-hydrogen) atoms. The molecule has 3 rings (SSSR count). The summed E-state index contributed by atoms with van der Waals surface area (Å²) in [5.74, 6) is 2.45. The van der Waals surface area contributed by atoms with E-state index in [0.29, 0.717) is 11.8 Å². The summed E-state index contributed by atoms with van der Waals surface area (Å²) in [4.78, 5) is 15.5. The fourth-order valence-corrected chi connectivity index (χ4v) is 5.66. The SMILES string of the molecule is COc1cc2c(cc1OC)[C@H]1C[C@@H](OC(=O)[C@@H](NP)C(C)C)[C@H](CC(C)C)CN1CC2. The number of hydrogen-bond donors (Lipinski definition) is 1. The number of rotatable bonds is 8. The van der Waals surface area contributed by atoms with Crippen molar-refractivity contribution in [3.63, 3.8) is 0 Å². The number of carbonyl (C=O) groups excluding carboxylic acids is 1. The Hall–Kier alpha value is -1.36. The Kier molecular flexibility index (Phi) is 8.23. The van der Waals surface area contributed by atoms with Crippen LogP contribution in [0, 0.1) is 17.8 Å². The largest absolute Gasteiger partial charge is 0.493 e. The number of carbonyl (C=O) groups is 1. The molecule has 0 spiro atoms. The van der Waals surface area contributed by atoms with Crippen molar-refractivity contribution in [1.82, 2.24) is 9.99 Å². The van der Waals surface area contributed by atoms with Crippen LogP contribution in [-0.2, 0) is 16.0 Å². The molecule has 0 amide bonds. The van der Waals surface area contributed by atoms with Crippen LogP contribution in [0.25, 0.3) is 0 Å². The number of methoxy groups -OCH3 is 2. The highest BCUT2D eigenvalue weighted by Crippen LogP contribution is 2.44. The van der Waals surface area contributed by atoms with Gasteiger partial charge in [0.05, 0.1) is 14.2 Å². The zero-order chi connectivity index (χ0) is 22.7. The van der Waals surface area contributed by atoms with Gasteiger partial charge in [0, 0.05) is 31.5 Å². The van der Waals surface area contributed by atoms with E-state index in [9.17, 15) is 4.79 Å². The summed E-state index contributed by atoms with van der Waals surface area (Å²) in [5, 5.41) is 3.05. The molecule has 0 aromatic heterocycles. The van der Waals surface area contributed by atoms with Gasteiger partial charge in [-0.15, -0.1) is 0 Å². The number of piperidine rings is 1. The van der Waals surface area contributed by atoms with E-state index < -0.39 is 0 Å². The summed E-state index contributed by atoms with van der Waals surface area (Å²) in [6, 6.07) is 4.14. The second-order valence-corrected chi connectivity index (χ2v) is 9.99. The number of nitrogens with zero attached hydrogens (tertiary/aromatic N) is 1. The van der Waals surface area contributed by atoms with Crippen molar-refractivity contribution in [2.45, 2.75) is 65.1 Å². The third-order valence-corrected chi connectivity index (χ3v) is 7.06. The highest BCUT2D eigenvalue weighted by atomic mass is 31.0. The second-order valence-electron chi connectivity index (χ2n) is 9.66. The van der Waals surface area contributed by atoms with Crippen molar-refractivity contribution in [2.24, 2.45) is 17.8 Å². The van der Waals surface area contributed by atoms with E-state index in [2.05, 4.69) is 45.4 Å². The van der Waals surface area contributed by atoms with Crippen molar-refractivity contribution in [3.05, 3.63) is 23.3 Å². The van der Waals surface area contributed by atoms with Gasteiger partial charge in [0.25, 0.3) is 0 Å². The van der Waals surface area contributed by atoms with E-state index in [0.717, 1.165) is 43.9 Å². The van der Waals surface area contributed by atoms with Crippen LogP contribution < -0.4 is 14.6 Å². The van der Waals surface area contributed by atoms with Crippen LogP contribution in [0.15, 0.2) is 12.1 Å². The van der Waals surface area contributed by atoms with Crippen molar-refractivity contribution < 1.29 is 19.0 Å². The molecule has 1 N–H and O–H groups in total. The van der Waals surface area contributed by atoms with Gasteiger partial charge < -0.3 is 14.2 Å². The zero-order valence-electron chi connectivity index (χ0n) is 19.8. The van der Waals surface area contributed by atoms with Crippen molar-refractivity contribution in [3.8, 4) is 11.5 Å². The minimum absolute atomic E-state index is 0.0882. The molecular weight excluding hydrogens is 411 g/mol. The summed E-state index contributed by atoms with van der Waals surface area (Å²) in [7, 11) is 5.82. The van der Waals surface area contributed by atoms with E-state index in [4.69, 9.17) is 14.2 Å². The minimum Gasteiger partial charge on any atom is -0.493 e. The van der Waals surface area contributed by atoms with Gasteiger partial charge in [-0.3, -0.25) is 14.8 Å². The molecule has 174 valence electrons. The number of ether oxygens (including phenoxy) is 3. The topological polar surface area (TPSA) is 60.0 Å². The molecule has 2 aliphatic heterocycles. The molecule has 0 saturated carbocycles. The first-order valence-electron chi connectivity index (χ1n) is 11.4. The lowest BCUT2D eigenvalue weighted by Crippen LogP contribution is -2.51. The molecule has 7 heteroatoms. The first-order valence-corrected chi connectivity index (χ1v) is 12.0. The molecule has 1 aromatic carbocycles. The molecule has 0 radical (unpaired) electrons. The minimum atomic E-state index is -0.314. The van der Waals surface area contributed by atoms with Crippen molar-refractivity contribution in [1.29, 1.82) is 0 Å². The van der Waals surface area contributed by atoms with E-state index in [1.807, 2.05) is 13.8 Å². The van der Waals surface area contributed by atoms with Gasteiger partial charge in [0.15, 0.2) is 11.5 Å². The molecule has 1 unspecified atom stereocenters. The van der Waals surface area contributed by atoms with Crippen LogP contribution in [0.3, 0.4) is 0 Å². The molecule has 5 atom stereocenters. The van der Waals surface area contributed by atoms with E-state index in [1.165, 1.54) is 11.1 Å². The lowest BCUT2D eigenvalue weighted by molar-refractivity contribution is -0.160. The molecule has 6 nitrogen and oxygen atoms in total. The quantitative estimate of drug-likeness (QED) is 0.478. The van der Waals surface area contributed by atoms with Gasteiger partial charge in [-0.1, -0.05) is 37.1 Å². The number of esters is 1. The highest BCUT2D eigenvalue weighted by Gasteiger charge is 2.42. The van der Waals surface area contributed by atoms with Gasteiger partial charge in [0.1, 0.15) is 12.1 Å². The molecule has 2 aliphatic rings. The summed E-state index contributed by atoms with van der Waals surface area (Å²) in [6.07, 6.45) is 2.78. The first kappa shape index (κ1) is 24.3. The van der Waals surface area contributed by atoms with Crippen LogP contribution in [0.4, 0.5) is 0 Å². The van der Waals surface area contributed by atoms with E-state index in [1.54, 1.807) is 14.2 Å². The van der Waals surface area contributed by atoms with Crippen molar-refractivity contribution >= 4 is 15.4 Å². The summed E-state index contributed by atoms with van der Waals surface area (Å²) < 4.78 is 17.3. The predicted octanol–water partition coefficient (Wildman–Crippen LogP) is 3.99. The third-order valence-electron chi connectivity index (χ3n) is 6.71. The first-order chi connectivity index (χ1) is 14.8. The molecule has 2 heterocycles. The smallest absolute Gasteiger partial charge is 0.323 e. The fraction of sp³-hybridized carbons (Fsp3) is 0.708. The van der Waals surface area contributed by atoms with Crippen LogP contribution in [0.1, 0.15) is 57.7 Å². The Bertz CT molecular complexity index is 770. The summed E-state index contributed by atoms with van der Waals surface area (Å²) in [5.41, 5.74) is 2.58. The predicted molar refractivity (Wildman–Crippen MR) is 126 cm³/mol. The Morgan fingerprint density at radius 3 is 2.45 bits per heavy atom. The summed E-state index contributed by atoms with van der Waals surface area (Å²) >= 11 is 0. The number of benzene rings is 1. The van der Waals surface area contributed by atoms with Gasteiger partial charge in [0.2, 0.25) is 0 Å². The number of fused-ring (bicyclic) bond motifs is 3. The van der Waals surface area contributed by atoms with E-state index in [-0.39, 0.29) is 30.1 Å². The average Bonchev–Trinajstić information content (AvgIpc) is 2.72. The van der Waals surface area contributed by atoms with Crippen molar-refractivity contribution in [2.75, 3.05) is 27.3 Å². The molecule has 0 bridgehead atoms. The Labute approximate surface area is 189 Å². The van der Waals surface area contributed by atoms with Crippen LogP contribution in [0.5, 0.6) is 11.5 Å². The molecule has 1 saturated heterocycles. The normalized spacial score (nSPS) is 24.5. The standard InChI is InChI=1S/C24H39N2O4P/c1-14(2)9-17-13-26-8-7-16-10-21(28-5)22(29-6)11-18(16)19(26)12-20(17)30-24(27)23(25-31)15(3)4/h10-11,14-15,17,19-20,23,25H,7-9,12-13,31H2,1-6H3/t17-,19-,20-,23+/m1/s1. The van der Waals surface area contributed by atoms with Gasteiger partial charge >= 0.3 is 5.97 Å². The molecular formula is C24H39N2O4P. The van der Waals surface area contributed by atoms with E-state index >= 15 is 0 Å². The lowest BCUT2D eigenvalue weighted by atomic mass is 9.79. The molecule has 1 fully saturated rings. The number of nitrogens with one attached hydrogen (secondary N) is 1. The highest BCUT2D eigenvalue weighted by molar-refractivity contribution is 7.13. The van der Waals surface area contributed by atoms with Gasteiger partial charge in [-0.2, -0.15) is 0 Å². The lowest BCUT2D eigenvalue weighted by Gasteiger charge is -2.47. The Balaban J connectivity index is 1.88. The van der Waals surface area contributed by atoms with Crippen LogP contribution in [0.2, 0.25) is 0 Å². The van der Waals surface area contributed by atoms with Gasteiger partial charge in [-0.05, 0) is 47.9 Å². The maximum absolute atomic E-state index is 13.0.